The molecule has 0 atom stereocenters. The SMILES string of the molecule is Cc1cc(N(C)C)ccc1N=Nc1scc[n+]1C. The molecule has 18 heavy (non-hydrogen) atoms. The van der Waals surface area contributed by atoms with Gasteiger partial charge in [0, 0.05) is 25.2 Å². The largest absolute Gasteiger partial charge is 0.408 e. The molecule has 1 aromatic heterocycles. The molecular formula is C13H17N4S+. The minimum atomic E-state index is 0.895. The second-order valence-electron chi connectivity index (χ2n) is 4.36. The Kier molecular flexibility index (Phi) is 3.72. The molecule has 2 rings (SSSR count). The number of hydrogen-bond acceptors (Lipinski definition) is 4. The molecule has 94 valence electrons. The summed E-state index contributed by atoms with van der Waals surface area (Å²) in [7, 11) is 6.02. The van der Waals surface area contributed by atoms with Crippen LogP contribution < -0.4 is 9.47 Å². The highest BCUT2D eigenvalue weighted by atomic mass is 32.1. The zero-order valence-corrected chi connectivity index (χ0v) is 11.9. The molecule has 0 amide bonds. The summed E-state index contributed by atoms with van der Waals surface area (Å²) in [6.45, 7) is 2.05. The van der Waals surface area contributed by atoms with E-state index in [1.807, 2.05) is 43.4 Å². The fraction of sp³-hybridized carbons (Fsp3) is 0.308. The zero-order valence-electron chi connectivity index (χ0n) is 11.1. The monoisotopic (exact) mass is 261 g/mol. The van der Waals surface area contributed by atoms with Crippen LogP contribution in [-0.4, -0.2) is 14.1 Å². The molecule has 0 fully saturated rings. The summed E-state index contributed by atoms with van der Waals surface area (Å²) >= 11 is 1.58. The normalized spacial score (nSPS) is 11.1. The van der Waals surface area contributed by atoms with E-state index in [1.165, 1.54) is 5.69 Å². The van der Waals surface area contributed by atoms with Crippen molar-refractivity contribution in [3.8, 4) is 0 Å². The molecule has 1 heterocycles. The van der Waals surface area contributed by atoms with Crippen molar-refractivity contribution >= 4 is 27.8 Å². The zero-order chi connectivity index (χ0) is 13.1. The molecule has 0 bridgehead atoms. The number of nitrogens with zero attached hydrogens (tertiary/aromatic N) is 4. The van der Waals surface area contributed by atoms with E-state index in [4.69, 9.17) is 0 Å². The quantitative estimate of drug-likeness (QED) is 0.616. The van der Waals surface area contributed by atoms with E-state index in [0.717, 1.165) is 16.4 Å². The summed E-state index contributed by atoms with van der Waals surface area (Å²) in [5, 5.41) is 11.5. The van der Waals surface area contributed by atoms with Gasteiger partial charge in [-0.3, -0.25) is 0 Å². The summed E-state index contributed by atoms with van der Waals surface area (Å²) in [6, 6.07) is 6.17. The van der Waals surface area contributed by atoms with Gasteiger partial charge in [-0.1, -0.05) is 0 Å². The Bertz CT molecular complexity index is 572. The van der Waals surface area contributed by atoms with Gasteiger partial charge in [-0.2, -0.15) is 0 Å². The van der Waals surface area contributed by atoms with Crippen LogP contribution in [-0.2, 0) is 7.05 Å². The Balaban J connectivity index is 2.25. The molecule has 0 aliphatic heterocycles. The molecule has 4 nitrogen and oxygen atoms in total. The average Bonchev–Trinajstić information content (AvgIpc) is 2.73. The van der Waals surface area contributed by atoms with Crippen LogP contribution in [0.25, 0.3) is 0 Å². The lowest BCUT2D eigenvalue weighted by atomic mass is 10.2. The lowest BCUT2D eigenvalue weighted by Crippen LogP contribution is -2.23. The molecule has 2 aromatic rings. The molecule has 0 N–H and O–H groups in total. The van der Waals surface area contributed by atoms with Crippen LogP contribution in [0.15, 0.2) is 40.0 Å². The molecule has 0 spiro atoms. The fourth-order valence-electron chi connectivity index (χ4n) is 1.55. The molecule has 0 aliphatic carbocycles. The number of hydrogen-bond donors (Lipinski definition) is 0. The van der Waals surface area contributed by atoms with Crippen molar-refractivity contribution in [1.29, 1.82) is 0 Å². The Labute approximate surface area is 111 Å². The summed E-state index contributed by atoms with van der Waals surface area (Å²) < 4.78 is 1.96. The number of aryl methyl sites for hydroxylation is 2. The van der Waals surface area contributed by atoms with E-state index in [9.17, 15) is 0 Å². The van der Waals surface area contributed by atoms with Crippen molar-refractivity contribution in [1.82, 2.24) is 0 Å². The maximum Gasteiger partial charge on any atom is 0.408 e. The van der Waals surface area contributed by atoms with Gasteiger partial charge in [0.25, 0.3) is 0 Å². The number of thiazole rings is 1. The molecule has 5 heteroatoms. The lowest BCUT2D eigenvalue weighted by molar-refractivity contribution is -0.654. The number of azo groups is 1. The Morgan fingerprint density at radius 1 is 1.22 bits per heavy atom. The van der Waals surface area contributed by atoms with E-state index >= 15 is 0 Å². The first-order chi connectivity index (χ1) is 8.58. The van der Waals surface area contributed by atoms with E-state index in [2.05, 4.69) is 34.2 Å². The molecule has 0 saturated carbocycles. The maximum absolute atomic E-state index is 4.31. The summed E-state index contributed by atoms with van der Waals surface area (Å²) in [6.07, 6.45) is 1.97. The van der Waals surface area contributed by atoms with Crippen LogP contribution in [0, 0.1) is 6.92 Å². The third-order valence-electron chi connectivity index (χ3n) is 2.70. The molecule has 1 aromatic carbocycles. The van der Waals surface area contributed by atoms with Crippen LogP contribution in [0.2, 0.25) is 0 Å². The van der Waals surface area contributed by atoms with Crippen molar-refractivity contribution in [2.24, 2.45) is 17.3 Å². The first kappa shape index (κ1) is 12.7. The smallest absolute Gasteiger partial charge is 0.378 e. The van der Waals surface area contributed by atoms with Gasteiger partial charge >= 0.3 is 5.13 Å². The van der Waals surface area contributed by atoms with Crippen molar-refractivity contribution in [2.75, 3.05) is 19.0 Å². The van der Waals surface area contributed by atoms with Gasteiger partial charge in [0.15, 0.2) is 0 Å². The van der Waals surface area contributed by atoms with Gasteiger partial charge in [-0.05, 0) is 47.1 Å². The fourth-order valence-corrected chi connectivity index (χ4v) is 2.23. The minimum absolute atomic E-state index is 0.895. The lowest BCUT2D eigenvalue weighted by Gasteiger charge is -2.12. The van der Waals surface area contributed by atoms with Gasteiger partial charge in [0.1, 0.15) is 11.9 Å². The molecule has 0 radical (unpaired) electrons. The molecular weight excluding hydrogens is 244 g/mol. The minimum Gasteiger partial charge on any atom is -0.378 e. The van der Waals surface area contributed by atoms with Crippen molar-refractivity contribution < 1.29 is 4.57 Å². The van der Waals surface area contributed by atoms with Gasteiger partial charge in [-0.25, -0.2) is 4.57 Å². The van der Waals surface area contributed by atoms with Crippen LogP contribution in [0.5, 0.6) is 0 Å². The first-order valence-electron chi connectivity index (χ1n) is 5.71. The summed E-state index contributed by atoms with van der Waals surface area (Å²) in [5.74, 6) is 0. The molecule has 0 saturated heterocycles. The number of anilines is 1. The third kappa shape index (κ3) is 2.73. The number of rotatable bonds is 3. The van der Waals surface area contributed by atoms with Crippen LogP contribution >= 0.6 is 11.3 Å². The highest BCUT2D eigenvalue weighted by Crippen LogP contribution is 2.25. The summed E-state index contributed by atoms with van der Waals surface area (Å²) in [5.41, 5.74) is 3.21. The van der Waals surface area contributed by atoms with Crippen LogP contribution in [0.1, 0.15) is 5.56 Å². The average molecular weight is 261 g/mol. The molecule has 0 aliphatic rings. The van der Waals surface area contributed by atoms with Gasteiger partial charge in [-0.15, -0.1) is 0 Å². The topological polar surface area (TPSA) is 31.8 Å². The van der Waals surface area contributed by atoms with Crippen LogP contribution in [0.3, 0.4) is 0 Å². The second kappa shape index (κ2) is 5.27. The highest BCUT2D eigenvalue weighted by molar-refractivity contribution is 7.12. The predicted octanol–water partition coefficient (Wildman–Crippen LogP) is 3.36. The first-order valence-corrected chi connectivity index (χ1v) is 6.59. The van der Waals surface area contributed by atoms with Crippen molar-refractivity contribution in [3.63, 3.8) is 0 Å². The Morgan fingerprint density at radius 3 is 2.56 bits per heavy atom. The van der Waals surface area contributed by atoms with E-state index < -0.39 is 0 Å². The van der Waals surface area contributed by atoms with Crippen molar-refractivity contribution in [2.45, 2.75) is 6.92 Å². The van der Waals surface area contributed by atoms with E-state index in [1.54, 1.807) is 11.3 Å². The van der Waals surface area contributed by atoms with Gasteiger partial charge in [0.2, 0.25) is 0 Å². The van der Waals surface area contributed by atoms with Gasteiger partial charge < -0.3 is 4.90 Å². The standard InChI is InChI=1S/C13H17N4S/c1-10-9-11(16(2)3)5-6-12(10)14-15-13-17(4)7-8-18-13/h5-9H,1-4H3/q+1. The third-order valence-corrected chi connectivity index (χ3v) is 3.54. The Hall–Kier alpha value is -1.75. The number of aromatic nitrogens is 1. The van der Waals surface area contributed by atoms with E-state index in [0.29, 0.717) is 0 Å². The number of benzene rings is 1. The van der Waals surface area contributed by atoms with Gasteiger partial charge in [0.05, 0.1) is 12.2 Å². The highest BCUT2D eigenvalue weighted by Gasteiger charge is 2.08. The van der Waals surface area contributed by atoms with Crippen molar-refractivity contribution in [3.05, 3.63) is 35.3 Å². The Morgan fingerprint density at radius 2 is 2.00 bits per heavy atom. The maximum atomic E-state index is 4.31. The second-order valence-corrected chi connectivity index (χ2v) is 5.23. The predicted molar refractivity (Wildman–Crippen MR) is 75.2 cm³/mol. The molecule has 0 unspecified atom stereocenters. The summed E-state index contributed by atoms with van der Waals surface area (Å²) in [4.78, 5) is 2.08. The van der Waals surface area contributed by atoms with Crippen LogP contribution in [0.4, 0.5) is 16.5 Å². The van der Waals surface area contributed by atoms with E-state index in [-0.39, 0.29) is 0 Å².